The third-order valence-electron chi connectivity index (χ3n) is 3.86. The van der Waals surface area contributed by atoms with E-state index >= 15 is 0 Å². The maximum atomic E-state index is 9.33. The van der Waals surface area contributed by atoms with Gasteiger partial charge in [0.05, 0.1) is 18.8 Å². The smallest absolute Gasteiger partial charge is 0.0633 e. The minimum Gasteiger partial charge on any atom is -0.394 e. The highest BCUT2D eigenvalue weighted by molar-refractivity contribution is 7.19. The van der Waals surface area contributed by atoms with Crippen molar-refractivity contribution in [2.75, 3.05) is 13.2 Å². The topological polar surface area (TPSA) is 52.5 Å². The molecule has 0 atom stereocenters. The first-order chi connectivity index (χ1) is 10.1. The molecule has 0 saturated carbocycles. The van der Waals surface area contributed by atoms with Crippen molar-refractivity contribution in [3.63, 3.8) is 0 Å². The van der Waals surface area contributed by atoms with Crippen molar-refractivity contribution in [3.8, 4) is 0 Å². The summed E-state index contributed by atoms with van der Waals surface area (Å²) in [6.45, 7) is 2.29. The minimum absolute atomic E-state index is 0. The molecule has 1 aromatic heterocycles. The fourth-order valence-electron chi connectivity index (χ4n) is 2.39. The highest BCUT2D eigenvalue weighted by atomic mass is 35.5. The molecular weight excluding hydrogens is 318 g/mol. The molecule has 0 saturated heterocycles. The first-order valence-corrected chi connectivity index (χ1v) is 7.84. The minimum atomic E-state index is -0.641. The van der Waals surface area contributed by atoms with Crippen LogP contribution in [-0.2, 0) is 6.54 Å². The number of aliphatic hydroxyl groups is 2. The lowest BCUT2D eigenvalue weighted by Crippen LogP contribution is -2.48. The van der Waals surface area contributed by atoms with Gasteiger partial charge in [-0.25, -0.2) is 0 Å². The van der Waals surface area contributed by atoms with Crippen LogP contribution in [0.15, 0.2) is 42.5 Å². The average molecular weight is 338 g/mol. The maximum absolute atomic E-state index is 9.33. The van der Waals surface area contributed by atoms with E-state index in [1.807, 2.05) is 6.92 Å². The van der Waals surface area contributed by atoms with Gasteiger partial charge in [0.1, 0.15) is 0 Å². The normalized spacial score (nSPS) is 11.8. The standard InChI is InChI=1S/C17H19NO2S.ClH/c1-17(10-19,11-20)18-9-13-8-15-14-5-3-2-4-12(14)6-7-16(15)21-13;/h2-8,18-20H,9-11H2,1H3;1H. The van der Waals surface area contributed by atoms with Gasteiger partial charge in [0.15, 0.2) is 0 Å². The predicted octanol–water partition coefficient (Wildman–Crippen LogP) is 3.31. The van der Waals surface area contributed by atoms with Crippen LogP contribution in [0.2, 0.25) is 0 Å². The lowest BCUT2D eigenvalue weighted by atomic mass is 10.1. The van der Waals surface area contributed by atoms with Crippen LogP contribution in [0.5, 0.6) is 0 Å². The van der Waals surface area contributed by atoms with E-state index in [4.69, 9.17) is 0 Å². The predicted molar refractivity (Wildman–Crippen MR) is 96.0 cm³/mol. The van der Waals surface area contributed by atoms with Gasteiger partial charge in [-0.05, 0) is 29.8 Å². The Morgan fingerprint density at radius 1 is 1.05 bits per heavy atom. The maximum Gasteiger partial charge on any atom is 0.0633 e. The summed E-state index contributed by atoms with van der Waals surface area (Å²) in [5, 5.41) is 25.7. The summed E-state index contributed by atoms with van der Waals surface area (Å²) in [6.07, 6.45) is 0. The zero-order chi connectivity index (χ0) is 14.9. The van der Waals surface area contributed by atoms with E-state index in [1.165, 1.54) is 25.7 Å². The number of aliphatic hydroxyl groups excluding tert-OH is 2. The van der Waals surface area contributed by atoms with Crippen molar-refractivity contribution < 1.29 is 10.2 Å². The molecule has 118 valence electrons. The van der Waals surface area contributed by atoms with Crippen molar-refractivity contribution in [1.29, 1.82) is 0 Å². The molecule has 0 spiro atoms. The number of hydrogen-bond acceptors (Lipinski definition) is 4. The van der Waals surface area contributed by atoms with E-state index < -0.39 is 5.54 Å². The number of fused-ring (bicyclic) bond motifs is 3. The SMILES string of the molecule is CC(CO)(CO)NCc1cc2c(ccc3ccccc32)s1.Cl. The first-order valence-electron chi connectivity index (χ1n) is 7.02. The monoisotopic (exact) mass is 337 g/mol. The molecule has 3 aromatic rings. The van der Waals surface area contributed by atoms with Crippen molar-refractivity contribution in [2.45, 2.75) is 19.0 Å². The number of thiophene rings is 1. The van der Waals surface area contributed by atoms with E-state index in [1.54, 1.807) is 11.3 Å². The third-order valence-corrected chi connectivity index (χ3v) is 4.96. The largest absolute Gasteiger partial charge is 0.394 e. The lowest BCUT2D eigenvalue weighted by Gasteiger charge is -2.25. The summed E-state index contributed by atoms with van der Waals surface area (Å²) in [4.78, 5) is 1.20. The van der Waals surface area contributed by atoms with Crippen molar-refractivity contribution in [2.24, 2.45) is 0 Å². The molecule has 22 heavy (non-hydrogen) atoms. The summed E-state index contributed by atoms with van der Waals surface area (Å²) < 4.78 is 1.26. The van der Waals surface area contributed by atoms with Crippen molar-refractivity contribution in [3.05, 3.63) is 47.3 Å². The highest BCUT2D eigenvalue weighted by Gasteiger charge is 2.21. The highest BCUT2D eigenvalue weighted by Crippen LogP contribution is 2.32. The Hall–Kier alpha value is -1.17. The molecule has 3 N–H and O–H groups in total. The Morgan fingerprint density at radius 3 is 2.50 bits per heavy atom. The Balaban J connectivity index is 0.00000176. The number of hydrogen-bond donors (Lipinski definition) is 3. The second kappa shape index (κ2) is 6.94. The fourth-order valence-corrected chi connectivity index (χ4v) is 3.41. The van der Waals surface area contributed by atoms with E-state index in [0.29, 0.717) is 6.54 Å². The van der Waals surface area contributed by atoms with Crippen molar-refractivity contribution >= 4 is 44.6 Å². The van der Waals surface area contributed by atoms with Crippen LogP contribution in [0.1, 0.15) is 11.8 Å². The van der Waals surface area contributed by atoms with Gasteiger partial charge in [-0.3, -0.25) is 0 Å². The second-order valence-corrected chi connectivity index (χ2v) is 6.81. The van der Waals surface area contributed by atoms with Gasteiger partial charge >= 0.3 is 0 Å². The molecule has 0 radical (unpaired) electrons. The fraction of sp³-hybridized carbons (Fsp3) is 0.294. The molecule has 3 nitrogen and oxygen atoms in total. The summed E-state index contributed by atoms with van der Waals surface area (Å²) in [5.74, 6) is 0. The molecular formula is C17H20ClNO2S. The van der Waals surface area contributed by atoms with Gasteiger partial charge < -0.3 is 15.5 Å². The lowest BCUT2D eigenvalue weighted by molar-refractivity contribution is 0.103. The van der Waals surface area contributed by atoms with Gasteiger partial charge in [0.2, 0.25) is 0 Å². The zero-order valence-electron chi connectivity index (χ0n) is 12.4. The molecule has 5 heteroatoms. The molecule has 0 bridgehead atoms. The van der Waals surface area contributed by atoms with Crippen molar-refractivity contribution in [1.82, 2.24) is 5.32 Å². The molecule has 0 aliphatic heterocycles. The van der Waals surface area contributed by atoms with Crippen LogP contribution in [0.3, 0.4) is 0 Å². The molecule has 0 aliphatic rings. The van der Waals surface area contributed by atoms with Gasteiger partial charge in [0.25, 0.3) is 0 Å². The van der Waals surface area contributed by atoms with Gasteiger partial charge in [-0.15, -0.1) is 23.7 Å². The number of benzene rings is 2. The van der Waals surface area contributed by atoms with Crippen LogP contribution in [0.25, 0.3) is 20.9 Å². The summed E-state index contributed by atoms with van der Waals surface area (Å²) >= 11 is 1.75. The van der Waals surface area contributed by atoms with Gasteiger partial charge in [0, 0.05) is 21.5 Å². The molecule has 1 heterocycles. The molecule has 3 rings (SSSR count). The van der Waals surface area contributed by atoms with Crippen LogP contribution in [-0.4, -0.2) is 29.0 Å². The molecule has 0 amide bonds. The first kappa shape index (κ1) is 17.2. The molecule has 0 aliphatic carbocycles. The Bertz CT molecular complexity index is 768. The van der Waals surface area contributed by atoms with Gasteiger partial charge in [-0.1, -0.05) is 30.3 Å². The van der Waals surface area contributed by atoms with E-state index in [2.05, 4.69) is 47.8 Å². The Kier molecular flexibility index (Phi) is 5.42. The number of nitrogens with one attached hydrogen (secondary N) is 1. The quantitative estimate of drug-likeness (QED) is 0.669. The summed E-state index contributed by atoms with van der Waals surface area (Å²) in [7, 11) is 0. The Morgan fingerprint density at radius 2 is 1.77 bits per heavy atom. The van der Waals surface area contributed by atoms with Crippen LogP contribution in [0, 0.1) is 0 Å². The van der Waals surface area contributed by atoms with E-state index in [-0.39, 0.29) is 25.6 Å². The Labute approximate surface area is 140 Å². The third kappa shape index (κ3) is 3.26. The molecule has 0 fully saturated rings. The van der Waals surface area contributed by atoms with E-state index in [0.717, 1.165) is 0 Å². The number of rotatable bonds is 5. The molecule has 2 aromatic carbocycles. The summed E-state index contributed by atoms with van der Waals surface area (Å²) in [6, 6.07) is 14.9. The van der Waals surface area contributed by atoms with Crippen LogP contribution < -0.4 is 5.32 Å². The number of halogens is 1. The summed E-state index contributed by atoms with van der Waals surface area (Å²) in [5.41, 5.74) is -0.641. The van der Waals surface area contributed by atoms with E-state index in [9.17, 15) is 10.2 Å². The van der Waals surface area contributed by atoms with Crippen LogP contribution >= 0.6 is 23.7 Å². The molecule has 0 unspecified atom stereocenters. The zero-order valence-corrected chi connectivity index (χ0v) is 14.0. The van der Waals surface area contributed by atoms with Gasteiger partial charge in [-0.2, -0.15) is 0 Å². The van der Waals surface area contributed by atoms with Crippen LogP contribution in [0.4, 0.5) is 0 Å². The average Bonchev–Trinajstić information content (AvgIpc) is 2.96. The second-order valence-electron chi connectivity index (χ2n) is 5.64.